The summed E-state index contributed by atoms with van der Waals surface area (Å²) in [6, 6.07) is 0.290. The Labute approximate surface area is 111 Å². The molecule has 0 spiro atoms. The standard InChI is InChI=1S/C15H27NO2/c1-15(2)9-5-6-12(8-10-15)16-11-4-3-7-13(16)14(17)18/h12-13H,3-11H2,1-2H3,(H,17,18). The minimum Gasteiger partial charge on any atom is -0.480 e. The molecule has 0 bridgehead atoms. The Hall–Kier alpha value is -0.570. The second-order valence-electron chi connectivity index (χ2n) is 6.84. The van der Waals surface area contributed by atoms with Gasteiger partial charge in [-0.05, 0) is 50.5 Å². The summed E-state index contributed by atoms with van der Waals surface area (Å²) in [5, 5.41) is 9.37. The van der Waals surface area contributed by atoms with Crippen molar-refractivity contribution >= 4 is 5.97 Å². The highest BCUT2D eigenvalue weighted by atomic mass is 16.4. The first-order valence-corrected chi connectivity index (χ1v) is 7.48. The largest absolute Gasteiger partial charge is 0.480 e. The van der Waals surface area contributed by atoms with Crippen LogP contribution in [0.15, 0.2) is 0 Å². The average molecular weight is 253 g/mol. The lowest BCUT2D eigenvalue weighted by molar-refractivity contribution is -0.146. The first-order chi connectivity index (χ1) is 8.49. The van der Waals surface area contributed by atoms with Gasteiger partial charge < -0.3 is 5.11 Å². The number of piperidine rings is 1. The summed E-state index contributed by atoms with van der Waals surface area (Å²) in [5.74, 6) is -0.613. The maximum atomic E-state index is 11.4. The van der Waals surface area contributed by atoms with E-state index in [1.165, 1.54) is 38.5 Å². The van der Waals surface area contributed by atoms with E-state index in [2.05, 4.69) is 18.7 Å². The number of rotatable bonds is 2. The number of carbonyl (C=O) groups is 1. The molecule has 1 saturated carbocycles. The molecule has 2 aliphatic rings. The minimum absolute atomic E-state index is 0.218. The summed E-state index contributed by atoms with van der Waals surface area (Å²) in [6.07, 6.45) is 9.23. The van der Waals surface area contributed by atoms with Crippen LogP contribution in [0.25, 0.3) is 0 Å². The Morgan fingerprint density at radius 2 is 1.89 bits per heavy atom. The number of hydrogen-bond donors (Lipinski definition) is 1. The quantitative estimate of drug-likeness (QED) is 0.768. The van der Waals surface area contributed by atoms with E-state index in [0.29, 0.717) is 11.5 Å². The van der Waals surface area contributed by atoms with Gasteiger partial charge in [0.05, 0.1) is 0 Å². The van der Waals surface area contributed by atoms with Crippen molar-refractivity contribution in [3.63, 3.8) is 0 Å². The smallest absolute Gasteiger partial charge is 0.320 e. The molecule has 3 heteroatoms. The highest BCUT2D eigenvalue weighted by molar-refractivity contribution is 5.73. The molecular formula is C15H27NO2. The van der Waals surface area contributed by atoms with Crippen molar-refractivity contribution < 1.29 is 9.90 Å². The normalized spacial score (nSPS) is 33.9. The lowest BCUT2D eigenvalue weighted by atomic mass is 9.85. The summed E-state index contributed by atoms with van der Waals surface area (Å²) in [4.78, 5) is 13.7. The zero-order chi connectivity index (χ0) is 13.2. The van der Waals surface area contributed by atoms with Crippen LogP contribution in [0.3, 0.4) is 0 Å². The molecule has 1 saturated heterocycles. The molecule has 0 aromatic carbocycles. The molecule has 1 heterocycles. The van der Waals surface area contributed by atoms with Crippen molar-refractivity contribution in [3.05, 3.63) is 0 Å². The van der Waals surface area contributed by atoms with Crippen LogP contribution in [0, 0.1) is 5.41 Å². The highest BCUT2D eigenvalue weighted by Gasteiger charge is 2.35. The number of carboxylic acids is 1. The van der Waals surface area contributed by atoms with E-state index < -0.39 is 5.97 Å². The second kappa shape index (κ2) is 5.60. The van der Waals surface area contributed by atoms with Crippen molar-refractivity contribution in [2.24, 2.45) is 5.41 Å². The van der Waals surface area contributed by atoms with E-state index in [1.54, 1.807) is 0 Å². The molecular weight excluding hydrogens is 226 g/mol. The van der Waals surface area contributed by atoms with Gasteiger partial charge in [-0.25, -0.2) is 0 Å². The first-order valence-electron chi connectivity index (χ1n) is 7.48. The molecule has 2 atom stereocenters. The monoisotopic (exact) mass is 253 g/mol. The SMILES string of the molecule is CC1(C)CCCC(N2CCCCC2C(=O)O)CC1. The van der Waals surface area contributed by atoms with Crippen molar-refractivity contribution in [2.75, 3.05) is 6.54 Å². The number of nitrogens with zero attached hydrogens (tertiary/aromatic N) is 1. The molecule has 3 nitrogen and oxygen atoms in total. The van der Waals surface area contributed by atoms with Crippen LogP contribution in [-0.2, 0) is 4.79 Å². The van der Waals surface area contributed by atoms with Crippen molar-refractivity contribution in [3.8, 4) is 0 Å². The van der Waals surface area contributed by atoms with E-state index in [4.69, 9.17) is 0 Å². The second-order valence-corrected chi connectivity index (χ2v) is 6.84. The van der Waals surface area contributed by atoms with E-state index >= 15 is 0 Å². The molecule has 2 fully saturated rings. The molecule has 0 amide bonds. The van der Waals surface area contributed by atoms with Crippen LogP contribution < -0.4 is 0 Å². The molecule has 2 unspecified atom stereocenters. The van der Waals surface area contributed by atoms with Gasteiger partial charge in [0, 0.05) is 6.04 Å². The summed E-state index contributed by atoms with van der Waals surface area (Å²) >= 11 is 0. The molecule has 1 aliphatic carbocycles. The fourth-order valence-electron chi connectivity index (χ4n) is 3.63. The van der Waals surface area contributed by atoms with Crippen LogP contribution in [0.5, 0.6) is 0 Å². The molecule has 104 valence electrons. The Balaban J connectivity index is 2.02. The third kappa shape index (κ3) is 3.25. The lowest BCUT2D eigenvalue weighted by Crippen LogP contribution is -2.50. The summed E-state index contributed by atoms with van der Waals surface area (Å²) in [5.41, 5.74) is 0.448. The Morgan fingerprint density at radius 3 is 2.61 bits per heavy atom. The van der Waals surface area contributed by atoms with Gasteiger partial charge in [-0.1, -0.05) is 26.7 Å². The Bertz CT molecular complexity index is 301. The summed E-state index contributed by atoms with van der Waals surface area (Å²) < 4.78 is 0. The number of carboxylic acid groups (broad SMARTS) is 1. The van der Waals surface area contributed by atoms with E-state index in [1.807, 2.05) is 0 Å². The predicted octanol–water partition coefficient (Wildman–Crippen LogP) is 3.28. The van der Waals surface area contributed by atoms with Crippen LogP contribution in [-0.4, -0.2) is 34.6 Å². The van der Waals surface area contributed by atoms with Gasteiger partial charge >= 0.3 is 5.97 Å². The Morgan fingerprint density at radius 1 is 1.11 bits per heavy atom. The van der Waals surface area contributed by atoms with Crippen molar-refractivity contribution in [1.82, 2.24) is 4.90 Å². The highest BCUT2D eigenvalue weighted by Crippen LogP contribution is 2.36. The zero-order valence-corrected chi connectivity index (χ0v) is 11.8. The maximum absolute atomic E-state index is 11.4. The predicted molar refractivity (Wildman–Crippen MR) is 72.6 cm³/mol. The summed E-state index contributed by atoms with van der Waals surface area (Å²) in [7, 11) is 0. The van der Waals surface area contributed by atoms with Crippen LogP contribution in [0.1, 0.15) is 65.2 Å². The van der Waals surface area contributed by atoms with Crippen LogP contribution in [0.2, 0.25) is 0 Å². The molecule has 1 aliphatic heterocycles. The van der Waals surface area contributed by atoms with Crippen molar-refractivity contribution in [2.45, 2.75) is 77.3 Å². The van der Waals surface area contributed by atoms with Gasteiger partial charge in [0.15, 0.2) is 0 Å². The fraction of sp³-hybridized carbons (Fsp3) is 0.933. The average Bonchev–Trinajstić information content (AvgIpc) is 2.50. The third-order valence-electron chi connectivity index (χ3n) is 4.84. The summed E-state index contributed by atoms with van der Waals surface area (Å²) in [6.45, 7) is 5.68. The van der Waals surface area contributed by atoms with Crippen molar-refractivity contribution in [1.29, 1.82) is 0 Å². The van der Waals surface area contributed by atoms with Gasteiger partial charge in [0.2, 0.25) is 0 Å². The fourth-order valence-corrected chi connectivity index (χ4v) is 3.63. The Kier molecular flexibility index (Phi) is 4.31. The molecule has 0 radical (unpaired) electrons. The minimum atomic E-state index is -0.613. The third-order valence-corrected chi connectivity index (χ3v) is 4.84. The zero-order valence-electron chi connectivity index (χ0n) is 11.8. The maximum Gasteiger partial charge on any atom is 0.320 e. The van der Waals surface area contributed by atoms with Crippen LogP contribution in [0.4, 0.5) is 0 Å². The first kappa shape index (κ1) is 13.9. The molecule has 18 heavy (non-hydrogen) atoms. The van der Waals surface area contributed by atoms with Gasteiger partial charge in [0.25, 0.3) is 0 Å². The number of hydrogen-bond acceptors (Lipinski definition) is 2. The van der Waals surface area contributed by atoms with Gasteiger partial charge in [-0.3, -0.25) is 9.69 Å². The van der Waals surface area contributed by atoms with E-state index in [9.17, 15) is 9.90 Å². The molecule has 2 rings (SSSR count). The van der Waals surface area contributed by atoms with Gasteiger partial charge in [-0.2, -0.15) is 0 Å². The molecule has 1 N–H and O–H groups in total. The van der Waals surface area contributed by atoms with E-state index in [-0.39, 0.29) is 6.04 Å². The lowest BCUT2D eigenvalue weighted by Gasteiger charge is -2.39. The number of aliphatic carboxylic acids is 1. The van der Waals surface area contributed by atoms with E-state index in [0.717, 1.165) is 19.4 Å². The topological polar surface area (TPSA) is 40.5 Å². The molecule has 0 aromatic rings. The van der Waals surface area contributed by atoms with Gasteiger partial charge in [-0.15, -0.1) is 0 Å². The number of likely N-dealkylation sites (tertiary alicyclic amines) is 1. The molecule has 0 aromatic heterocycles. The van der Waals surface area contributed by atoms with Crippen LogP contribution >= 0.6 is 0 Å². The van der Waals surface area contributed by atoms with Gasteiger partial charge in [0.1, 0.15) is 6.04 Å².